The van der Waals surface area contributed by atoms with Crippen molar-refractivity contribution >= 4 is 34.1 Å². The molecule has 3 rings (SSSR count). The van der Waals surface area contributed by atoms with Crippen molar-refractivity contribution in [1.29, 1.82) is 0 Å². The number of carbonyl (C=O) groups excluding carboxylic acids is 3. The largest absolute Gasteiger partial charge is 0.344 e. The predicted molar refractivity (Wildman–Crippen MR) is 119 cm³/mol. The van der Waals surface area contributed by atoms with E-state index in [1.54, 1.807) is 24.3 Å². The third-order valence-corrected chi connectivity index (χ3v) is 5.03. The first-order chi connectivity index (χ1) is 14.3. The molecule has 0 heterocycles. The first-order valence-electron chi connectivity index (χ1n) is 10.0. The molecule has 3 aromatic rings. The zero-order valence-electron chi connectivity index (χ0n) is 17.4. The summed E-state index contributed by atoms with van der Waals surface area (Å²) in [5.74, 6) is -0.693. The van der Waals surface area contributed by atoms with E-state index >= 15 is 0 Å². The first-order valence-corrected chi connectivity index (χ1v) is 10.0. The molecule has 0 saturated carbocycles. The van der Waals surface area contributed by atoms with Gasteiger partial charge in [-0.3, -0.25) is 14.4 Å². The number of fused-ring (bicyclic) bond motifs is 1. The Morgan fingerprint density at radius 2 is 1.60 bits per heavy atom. The van der Waals surface area contributed by atoms with Crippen LogP contribution in [0.15, 0.2) is 66.7 Å². The van der Waals surface area contributed by atoms with Crippen molar-refractivity contribution in [2.75, 3.05) is 5.32 Å². The van der Waals surface area contributed by atoms with Gasteiger partial charge in [0.05, 0.1) is 6.42 Å². The van der Waals surface area contributed by atoms with E-state index in [2.05, 4.69) is 10.6 Å². The summed E-state index contributed by atoms with van der Waals surface area (Å²) >= 11 is 0. The molecule has 0 aliphatic rings. The number of anilines is 1. The van der Waals surface area contributed by atoms with Crippen molar-refractivity contribution in [3.63, 3.8) is 0 Å². The molecule has 5 nitrogen and oxygen atoms in total. The minimum atomic E-state index is -0.687. The zero-order chi connectivity index (χ0) is 21.7. The van der Waals surface area contributed by atoms with Gasteiger partial charge in [0.15, 0.2) is 5.78 Å². The van der Waals surface area contributed by atoms with Crippen LogP contribution in [0.2, 0.25) is 0 Å². The zero-order valence-corrected chi connectivity index (χ0v) is 17.4. The number of ketones is 1. The van der Waals surface area contributed by atoms with E-state index < -0.39 is 6.04 Å². The van der Waals surface area contributed by atoms with Crippen LogP contribution in [0.4, 0.5) is 5.69 Å². The minimum absolute atomic E-state index is 0.0742. The van der Waals surface area contributed by atoms with Crippen LogP contribution in [0.3, 0.4) is 0 Å². The maximum Gasteiger partial charge on any atom is 0.247 e. The molecule has 0 spiro atoms. The van der Waals surface area contributed by atoms with E-state index in [4.69, 9.17) is 0 Å². The highest BCUT2D eigenvalue weighted by molar-refractivity contribution is 6.00. The quantitative estimate of drug-likeness (QED) is 0.577. The fraction of sp³-hybridized carbons (Fsp3) is 0.240. The Hall–Kier alpha value is -3.47. The topological polar surface area (TPSA) is 75.3 Å². The average molecular weight is 402 g/mol. The molecule has 0 aliphatic heterocycles. The maximum absolute atomic E-state index is 12.8. The second-order valence-corrected chi connectivity index (χ2v) is 7.73. The Balaban J connectivity index is 1.71. The number of nitrogens with one attached hydrogen (secondary N) is 2. The number of rotatable bonds is 7. The van der Waals surface area contributed by atoms with E-state index in [-0.39, 0.29) is 29.9 Å². The van der Waals surface area contributed by atoms with Gasteiger partial charge < -0.3 is 10.6 Å². The van der Waals surface area contributed by atoms with Crippen molar-refractivity contribution in [3.05, 3.63) is 77.9 Å². The highest BCUT2D eigenvalue weighted by Gasteiger charge is 2.24. The molecule has 0 radical (unpaired) electrons. The van der Waals surface area contributed by atoms with Gasteiger partial charge in [0, 0.05) is 11.3 Å². The van der Waals surface area contributed by atoms with Crippen LogP contribution in [0, 0.1) is 5.92 Å². The molecule has 1 atom stereocenters. The second kappa shape index (κ2) is 9.35. The lowest BCUT2D eigenvalue weighted by Gasteiger charge is -2.22. The van der Waals surface area contributed by atoms with Crippen molar-refractivity contribution in [2.24, 2.45) is 5.92 Å². The lowest BCUT2D eigenvalue weighted by Crippen LogP contribution is -2.47. The first kappa shape index (κ1) is 21.2. The van der Waals surface area contributed by atoms with Gasteiger partial charge in [0.1, 0.15) is 6.04 Å². The number of hydrogen-bond acceptors (Lipinski definition) is 3. The van der Waals surface area contributed by atoms with Gasteiger partial charge in [-0.05, 0) is 41.3 Å². The molecule has 2 amide bonds. The fourth-order valence-corrected chi connectivity index (χ4v) is 3.42. The maximum atomic E-state index is 12.8. The van der Waals surface area contributed by atoms with Crippen LogP contribution in [0.5, 0.6) is 0 Å². The van der Waals surface area contributed by atoms with Crippen molar-refractivity contribution in [2.45, 2.75) is 33.2 Å². The van der Waals surface area contributed by atoms with Crippen LogP contribution in [0.1, 0.15) is 36.7 Å². The molecule has 30 heavy (non-hydrogen) atoms. The van der Waals surface area contributed by atoms with E-state index in [9.17, 15) is 14.4 Å². The van der Waals surface area contributed by atoms with Gasteiger partial charge in [0.2, 0.25) is 11.8 Å². The van der Waals surface area contributed by atoms with Gasteiger partial charge in [-0.25, -0.2) is 0 Å². The molecule has 0 unspecified atom stereocenters. The van der Waals surface area contributed by atoms with Crippen LogP contribution in [-0.2, 0) is 16.0 Å². The molecule has 154 valence electrons. The number of benzene rings is 3. The number of hydrogen-bond donors (Lipinski definition) is 2. The second-order valence-electron chi connectivity index (χ2n) is 7.73. The summed E-state index contributed by atoms with van der Waals surface area (Å²) in [6, 6.07) is 19.9. The highest BCUT2D eigenvalue weighted by atomic mass is 16.2. The molecular formula is C25H26N2O3. The van der Waals surface area contributed by atoms with Crippen LogP contribution >= 0.6 is 0 Å². The summed E-state index contributed by atoms with van der Waals surface area (Å²) in [7, 11) is 0. The summed E-state index contributed by atoms with van der Waals surface area (Å²) < 4.78 is 0. The Labute approximate surface area is 176 Å². The molecule has 3 aromatic carbocycles. The third kappa shape index (κ3) is 5.11. The van der Waals surface area contributed by atoms with E-state index in [0.29, 0.717) is 11.3 Å². The van der Waals surface area contributed by atoms with Gasteiger partial charge in [0.25, 0.3) is 0 Å². The molecular weight excluding hydrogens is 376 g/mol. The van der Waals surface area contributed by atoms with Crippen LogP contribution in [-0.4, -0.2) is 23.6 Å². The summed E-state index contributed by atoms with van der Waals surface area (Å²) in [6.45, 7) is 5.24. The predicted octanol–water partition coefficient (Wildman–Crippen LogP) is 4.36. The standard InChI is InChI=1S/C25H26N2O3/c1-16(2)24(25(30)26-21-12-7-10-19(14-21)17(3)28)27-23(29)15-20-11-6-9-18-8-4-5-13-22(18)20/h4-14,16,24H,15H2,1-3H3,(H,26,30)(H,27,29)/t24-/m0/s1. The third-order valence-electron chi connectivity index (χ3n) is 5.03. The molecule has 0 bridgehead atoms. The molecule has 5 heteroatoms. The Kier molecular flexibility index (Phi) is 6.62. The molecule has 2 N–H and O–H groups in total. The van der Waals surface area contributed by atoms with E-state index in [1.807, 2.05) is 56.3 Å². The van der Waals surface area contributed by atoms with Crippen LogP contribution < -0.4 is 10.6 Å². The van der Waals surface area contributed by atoms with Crippen molar-refractivity contribution < 1.29 is 14.4 Å². The summed E-state index contributed by atoms with van der Waals surface area (Å²) in [5, 5.41) is 7.79. The van der Waals surface area contributed by atoms with Gasteiger partial charge in [-0.2, -0.15) is 0 Å². The van der Waals surface area contributed by atoms with Gasteiger partial charge in [-0.15, -0.1) is 0 Å². The fourth-order valence-electron chi connectivity index (χ4n) is 3.42. The summed E-state index contributed by atoms with van der Waals surface area (Å²) in [5.41, 5.74) is 1.97. The smallest absolute Gasteiger partial charge is 0.247 e. The number of amides is 2. The lowest BCUT2D eigenvalue weighted by atomic mass is 10.00. The average Bonchev–Trinajstić information content (AvgIpc) is 2.72. The van der Waals surface area contributed by atoms with Crippen molar-refractivity contribution in [3.8, 4) is 0 Å². The molecule has 0 aromatic heterocycles. The Morgan fingerprint density at radius 1 is 0.900 bits per heavy atom. The minimum Gasteiger partial charge on any atom is -0.344 e. The lowest BCUT2D eigenvalue weighted by molar-refractivity contribution is -0.127. The number of carbonyl (C=O) groups is 3. The van der Waals surface area contributed by atoms with E-state index in [1.165, 1.54) is 6.92 Å². The summed E-state index contributed by atoms with van der Waals surface area (Å²) in [4.78, 5) is 37.1. The Morgan fingerprint density at radius 3 is 2.33 bits per heavy atom. The molecule has 0 saturated heterocycles. The molecule has 0 aliphatic carbocycles. The Bertz CT molecular complexity index is 1080. The molecule has 0 fully saturated rings. The van der Waals surface area contributed by atoms with Crippen LogP contribution in [0.25, 0.3) is 10.8 Å². The van der Waals surface area contributed by atoms with Gasteiger partial charge in [-0.1, -0.05) is 68.4 Å². The van der Waals surface area contributed by atoms with E-state index in [0.717, 1.165) is 16.3 Å². The monoisotopic (exact) mass is 402 g/mol. The highest BCUT2D eigenvalue weighted by Crippen LogP contribution is 2.19. The van der Waals surface area contributed by atoms with Crippen molar-refractivity contribution in [1.82, 2.24) is 5.32 Å². The normalized spacial score (nSPS) is 11.9. The van der Waals surface area contributed by atoms with Gasteiger partial charge >= 0.3 is 0 Å². The number of Topliss-reactive ketones (excluding diaryl/α,β-unsaturated/α-hetero) is 1. The summed E-state index contributed by atoms with van der Waals surface area (Å²) in [6.07, 6.45) is 0.192. The SMILES string of the molecule is CC(=O)c1cccc(NC(=O)[C@@H](NC(=O)Cc2cccc3ccccc23)C(C)C)c1.